The van der Waals surface area contributed by atoms with Gasteiger partial charge in [-0.15, -0.1) is 34.8 Å². The molecule has 0 aromatic rings. The lowest BCUT2D eigenvalue weighted by molar-refractivity contribution is 0.184. The molecule has 0 saturated heterocycles. The van der Waals surface area contributed by atoms with Crippen LogP contribution in [0, 0.1) is 0 Å². The lowest BCUT2D eigenvalue weighted by atomic mass is 10.2. The molecule has 0 spiro atoms. The monoisotopic (exact) mass is 190 g/mol. The van der Waals surface area contributed by atoms with E-state index in [-0.39, 0.29) is 5.38 Å². The van der Waals surface area contributed by atoms with Crippen molar-refractivity contribution in [3.63, 3.8) is 0 Å². The molecule has 9 heavy (non-hydrogen) atoms. The molecule has 0 aromatic heterocycles. The van der Waals surface area contributed by atoms with Gasteiger partial charge >= 0.3 is 0 Å². The SMILES string of the molecule is CC(O)CC(Cl)C(Cl)Cl. The average molecular weight is 191 g/mol. The molecule has 2 atom stereocenters. The minimum Gasteiger partial charge on any atom is -0.393 e. The molecule has 2 unspecified atom stereocenters. The minimum absolute atomic E-state index is 0.353. The molecule has 0 saturated carbocycles. The number of hydrogen-bond acceptors (Lipinski definition) is 1. The number of halogens is 3. The second-order valence-corrected chi connectivity index (χ2v) is 3.66. The van der Waals surface area contributed by atoms with E-state index in [2.05, 4.69) is 0 Å². The molecule has 0 radical (unpaired) electrons. The van der Waals surface area contributed by atoms with Crippen molar-refractivity contribution in [2.24, 2.45) is 0 Å². The zero-order chi connectivity index (χ0) is 7.44. The zero-order valence-electron chi connectivity index (χ0n) is 5.02. The second kappa shape index (κ2) is 4.62. The van der Waals surface area contributed by atoms with Crippen molar-refractivity contribution in [1.29, 1.82) is 0 Å². The van der Waals surface area contributed by atoms with Gasteiger partial charge in [0.15, 0.2) is 0 Å². The Kier molecular flexibility index (Phi) is 5.04. The van der Waals surface area contributed by atoms with E-state index in [0.29, 0.717) is 6.42 Å². The van der Waals surface area contributed by atoms with Gasteiger partial charge in [0.1, 0.15) is 4.84 Å². The average Bonchev–Trinajstić information content (AvgIpc) is 1.63. The number of aliphatic hydroxyl groups is 1. The Hall–Kier alpha value is 0.830. The predicted octanol–water partition coefficient (Wildman–Crippen LogP) is 2.17. The van der Waals surface area contributed by atoms with Crippen LogP contribution in [-0.4, -0.2) is 21.4 Å². The summed E-state index contributed by atoms with van der Waals surface area (Å²) < 4.78 is 0. The third-order valence-corrected chi connectivity index (χ3v) is 2.14. The van der Waals surface area contributed by atoms with Crippen LogP contribution in [0.2, 0.25) is 0 Å². The van der Waals surface area contributed by atoms with Crippen LogP contribution < -0.4 is 0 Å². The highest BCUT2D eigenvalue weighted by molar-refractivity contribution is 6.48. The van der Waals surface area contributed by atoms with Crippen LogP contribution in [0.4, 0.5) is 0 Å². The fraction of sp³-hybridized carbons (Fsp3) is 1.00. The summed E-state index contributed by atoms with van der Waals surface area (Å²) in [5, 5.41) is 8.42. The predicted molar refractivity (Wildman–Crippen MR) is 41.4 cm³/mol. The second-order valence-electron chi connectivity index (χ2n) is 1.94. The summed E-state index contributed by atoms with van der Waals surface area (Å²) in [6.45, 7) is 1.64. The summed E-state index contributed by atoms with van der Waals surface area (Å²) in [5.41, 5.74) is 0. The van der Waals surface area contributed by atoms with Gasteiger partial charge in [-0.3, -0.25) is 0 Å². The van der Waals surface area contributed by atoms with E-state index in [4.69, 9.17) is 39.9 Å². The van der Waals surface area contributed by atoms with E-state index in [9.17, 15) is 0 Å². The van der Waals surface area contributed by atoms with Gasteiger partial charge in [0.25, 0.3) is 0 Å². The molecule has 1 nitrogen and oxygen atoms in total. The Labute approximate surface area is 69.9 Å². The maximum Gasteiger partial charge on any atom is 0.124 e. The lowest BCUT2D eigenvalue weighted by Gasteiger charge is -2.10. The first-order valence-electron chi connectivity index (χ1n) is 2.64. The Balaban J connectivity index is 3.38. The summed E-state index contributed by atoms with van der Waals surface area (Å²) in [7, 11) is 0. The number of rotatable bonds is 3. The summed E-state index contributed by atoms with van der Waals surface area (Å²) in [4.78, 5) is -0.596. The quantitative estimate of drug-likeness (QED) is 0.678. The maximum absolute atomic E-state index is 8.77. The van der Waals surface area contributed by atoms with Crippen molar-refractivity contribution in [2.75, 3.05) is 0 Å². The standard InChI is InChI=1S/C5H9Cl3O/c1-3(9)2-4(6)5(7)8/h3-5,9H,2H2,1H3. The molecular formula is C5H9Cl3O. The fourth-order valence-electron chi connectivity index (χ4n) is 0.429. The molecule has 0 fully saturated rings. The van der Waals surface area contributed by atoms with Crippen molar-refractivity contribution in [1.82, 2.24) is 0 Å². The van der Waals surface area contributed by atoms with E-state index < -0.39 is 10.9 Å². The largest absolute Gasteiger partial charge is 0.393 e. The summed E-state index contributed by atoms with van der Waals surface area (Å²) in [6, 6.07) is 0. The molecule has 0 amide bonds. The first kappa shape index (κ1) is 9.83. The molecular weight excluding hydrogens is 182 g/mol. The van der Waals surface area contributed by atoms with E-state index >= 15 is 0 Å². The first-order valence-corrected chi connectivity index (χ1v) is 3.95. The first-order chi connectivity index (χ1) is 4.04. The molecule has 56 valence electrons. The van der Waals surface area contributed by atoms with Gasteiger partial charge in [0.05, 0.1) is 11.5 Å². The Bertz CT molecular complexity index is 74.6. The zero-order valence-corrected chi connectivity index (χ0v) is 7.29. The van der Waals surface area contributed by atoms with Gasteiger partial charge in [-0.25, -0.2) is 0 Å². The van der Waals surface area contributed by atoms with Crippen molar-refractivity contribution >= 4 is 34.8 Å². The normalized spacial score (nSPS) is 18.0. The van der Waals surface area contributed by atoms with Gasteiger partial charge in [-0.2, -0.15) is 0 Å². The molecule has 4 heteroatoms. The molecule has 0 aromatic carbocycles. The molecule has 0 aliphatic heterocycles. The van der Waals surface area contributed by atoms with Crippen LogP contribution >= 0.6 is 34.8 Å². The van der Waals surface area contributed by atoms with Gasteiger partial charge < -0.3 is 5.11 Å². The van der Waals surface area contributed by atoms with Crippen molar-refractivity contribution < 1.29 is 5.11 Å². The highest BCUT2D eigenvalue weighted by atomic mass is 35.5. The molecule has 0 aliphatic rings. The molecule has 0 aliphatic carbocycles. The van der Waals surface area contributed by atoms with Crippen molar-refractivity contribution in [3.05, 3.63) is 0 Å². The fourth-order valence-corrected chi connectivity index (χ4v) is 0.892. The van der Waals surface area contributed by atoms with Crippen LogP contribution in [-0.2, 0) is 0 Å². The molecule has 1 N–H and O–H groups in total. The van der Waals surface area contributed by atoms with Gasteiger partial charge in [-0.1, -0.05) is 0 Å². The van der Waals surface area contributed by atoms with Crippen molar-refractivity contribution in [2.45, 2.75) is 29.7 Å². The number of alkyl halides is 3. The van der Waals surface area contributed by atoms with E-state index in [1.165, 1.54) is 0 Å². The van der Waals surface area contributed by atoms with Crippen LogP contribution in [0.1, 0.15) is 13.3 Å². The third kappa shape index (κ3) is 5.28. The third-order valence-electron chi connectivity index (χ3n) is 0.840. The van der Waals surface area contributed by atoms with Crippen LogP contribution in [0.3, 0.4) is 0 Å². The topological polar surface area (TPSA) is 20.2 Å². The summed E-state index contributed by atoms with van der Waals surface area (Å²) >= 11 is 16.4. The molecule has 0 rings (SSSR count). The van der Waals surface area contributed by atoms with Gasteiger partial charge in [-0.05, 0) is 13.3 Å². The Morgan fingerprint density at radius 1 is 1.33 bits per heavy atom. The van der Waals surface area contributed by atoms with Gasteiger partial charge in [0, 0.05) is 0 Å². The van der Waals surface area contributed by atoms with E-state index in [1.54, 1.807) is 6.92 Å². The van der Waals surface area contributed by atoms with Gasteiger partial charge in [0.2, 0.25) is 0 Å². The van der Waals surface area contributed by atoms with Crippen LogP contribution in [0.5, 0.6) is 0 Å². The van der Waals surface area contributed by atoms with E-state index in [1.807, 2.05) is 0 Å². The Morgan fingerprint density at radius 2 is 1.78 bits per heavy atom. The lowest BCUT2D eigenvalue weighted by Crippen LogP contribution is -2.15. The Morgan fingerprint density at radius 3 is 1.89 bits per heavy atom. The highest BCUT2D eigenvalue weighted by Crippen LogP contribution is 2.18. The molecule has 0 heterocycles. The molecule has 0 bridgehead atoms. The highest BCUT2D eigenvalue weighted by Gasteiger charge is 2.15. The van der Waals surface area contributed by atoms with Crippen LogP contribution in [0.15, 0.2) is 0 Å². The van der Waals surface area contributed by atoms with Crippen LogP contribution in [0.25, 0.3) is 0 Å². The number of aliphatic hydroxyl groups excluding tert-OH is 1. The summed E-state index contributed by atoms with van der Waals surface area (Å²) in [5.74, 6) is 0. The summed E-state index contributed by atoms with van der Waals surface area (Å²) in [6.07, 6.45) is -0.00772. The van der Waals surface area contributed by atoms with E-state index in [0.717, 1.165) is 0 Å². The smallest absolute Gasteiger partial charge is 0.124 e. The van der Waals surface area contributed by atoms with Crippen molar-refractivity contribution in [3.8, 4) is 0 Å². The minimum atomic E-state index is -0.596. The number of hydrogen-bond donors (Lipinski definition) is 1. The maximum atomic E-state index is 8.77.